The van der Waals surface area contributed by atoms with E-state index in [9.17, 15) is 4.79 Å². The second-order valence-electron chi connectivity index (χ2n) is 4.55. The molecule has 1 heterocycles. The first-order valence-corrected chi connectivity index (χ1v) is 7.17. The Morgan fingerprint density at radius 1 is 1.32 bits per heavy atom. The molecule has 0 radical (unpaired) electrons. The molecule has 19 heavy (non-hydrogen) atoms. The zero-order chi connectivity index (χ0) is 13.8. The number of hydrogen-bond donors (Lipinski definition) is 2. The van der Waals surface area contributed by atoms with E-state index in [2.05, 4.69) is 16.0 Å². The maximum atomic E-state index is 12.3. The molecule has 0 fully saturated rings. The standard InChI is InChI=1S/C15H18N2OS/c1-10-4-5-13(14(8-10)16-3)15(18)17-11(2)12-6-7-19-9-12/h4-9,11,16H,1-3H3,(H,17,18). The number of aryl methyl sites for hydroxylation is 1. The summed E-state index contributed by atoms with van der Waals surface area (Å²) in [5.74, 6) is -0.0527. The minimum Gasteiger partial charge on any atom is -0.387 e. The molecule has 1 aromatic carbocycles. The second-order valence-corrected chi connectivity index (χ2v) is 5.33. The molecule has 0 aliphatic heterocycles. The first-order valence-electron chi connectivity index (χ1n) is 6.23. The largest absolute Gasteiger partial charge is 0.387 e. The molecule has 1 aromatic heterocycles. The van der Waals surface area contributed by atoms with Gasteiger partial charge in [0.1, 0.15) is 0 Å². The lowest BCUT2D eigenvalue weighted by atomic mass is 10.1. The van der Waals surface area contributed by atoms with Crippen molar-refractivity contribution >= 4 is 22.9 Å². The third-order valence-corrected chi connectivity index (χ3v) is 3.78. The van der Waals surface area contributed by atoms with Gasteiger partial charge >= 0.3 is 0 Å². The Kier molecular flexibility index (Phi) is 4.22. The molecule has 1 atom stereocenters. The molecule has 0 aliphatic rings. The molecule has 3 nitrogen and oxygen atoms in total. The summed E-state index contributed by atoms with van der Waals surface area (Å²) in [7, 11) is 1.83. The van der Waals surface area contributed by atoms with Crippen molar-refractivity contribution in [3.8, 4) is 0 Å². The Hall–Kier alpha value is -1.81. The summed E-state index contributed by atoms with van der Waals surface area (Å²) in [6, 6.07) is 7.83. The van der Waals surface area contributed by atoms with Gasteiger partial charge in [-0.15, -0.1) is 0 Å². The van der Waals surface area contributed by atoms with Gasteiger partial charge in [0.2, 0.25) is 0 Å². The average Bonchev–Trinajstić information content (AvgIpc) is 2.92. The number of amides is 1. The van der Waals surface area contributed by atoms with E-state index < -0.39 is 0 Å². The van der Waals surface area contributed by atoms with Crippen molar-refractivity contribution in [2.75, 3.05) is 12.4 Å². The van der Waals surface area contributed by atoms with Gasteiger partial charge in [0.15, 0.2) is 0 Å². The molecule has 0 aliphatic carbocycles. The average molecular weight is 274 g/mol. The van der Waals surface area contributed by atoms with E-state index in [1.807, 2.05) is 50.5 Å². The van der Waals surface area contributed by atoms with Crippen LogP contribution in [0.2, 0.25) is 0 Å². The molecule has 0 bridgehead atoms. The molecule has 1 unspecified atom stereocenters. The Morgan fingerprint density at radius 3 is 2.74 bits per heavy atom. The Morgan fingerprint density at radius 2 is 2.11 bits per heavy atom. The highest BCUT2D eigenvalue weighted by Crippen LogP contribution is 2.20. The van der Waals surface area contributed by atoms with Crippen LogP contribution in [-0.4, -0.2) is 13.0 Å². The van der Waals surface area contributed by atoms with Crippen molar-refractivity contribution in [3.63, 3.8) is 0 Å². The lowest BCUT2D eigenvalue weighted by Gasteiger charge is -2.15. The molecule has 1 amide bonds. The number of thiophene rings is 1. The van der Waals surface area contributed by atoms with Gasteiger partial charge in [-0.05, 0) is 53.9 Å². The highest BCUT2D eigenvalue weighted by Gasteiger charge is 2.14. The molecular formula is C15H18N2OS. The second kappa shape index (κ2) is 5.89. The lowest BCUT2D eigenvalue weighted by molar-refractivity contribution is 0.0941. The van der Waals surface area contributed by atoms with Crippen molar-refractivity contribution < 1.29 is 4.79 Å². The first-order chi connectivity index (χ1) is 9.11. The van der Waals surface area contributed by atoms with E-state index >= 15 is 0 Å². The monoisotopic (exact) mass is 274 g/mol. The maximum Gasteiger partial charge on any atom is 0.253 e. The number of carbonyl (C=O) groups excluding carboxylic acids is 1. The Balaban J connectivity index is 2.16. The van der Waals surface area contributed by atoms with Crippen LogP contribution in [0.5, 0.6) is 0 Å². The van der Waals surface area contributed by atoms with Gasteiger partial charge in [0, 0.05) is 12.7 Å². The van der Waals surface area contributed by atoms with Crippen LogP contribution in [0.25, 0.3) is 0 Å². The van der Waals surface area contributed by atoms with Crippen molar-refractivity contribution in [2.45, 2.75) is 19.9 Å². The molecule has 100 valence electrons. The number of benzene rings is 1. The molecule has 4 heteroatoms. The summed E-state index contributed by atoms with van der Waals surface area (Å²) >= 11 is 1.64. The molecule has 0 saturated heterocycles. The number of nitrogens with one attached hydrogen (secondary N) is 2. The highest BCUT2D eigenvalue weighted by molar-refractivity contribution is 7.07. The van der Waals surface area contributed by atoms with Crippen LogP contribution < -0.4 is 10.6 Å². The molecule has 0 saturated carbocycles. The number of anilines is 1. The van der Waals surface area contributed by atoms with Crippen molar-refractivity contribution in [1.29, 1.82) is 0 Å². The SMILES string of the molecule is CNc1cc(C)ccc1C(=O)NC(C)c1ccsc1. The van der Waals surface area contributed by atoms with E-state index in [-0.39, 0.29) is 11.9 Å². The zero-order valence-corrected chi connectivity index (χ0v) is 12.2. The minimum absolute atomic E-state index is 0.0183. The third-order valence-electron chi connectivity index (χ3n) is 3.08. The lowest BCUT2D eigenvalue weighted by Crippen LogP contribution is -2.27. The molecule has 2 rings (SSSR count). The minimum atomic E-state index is -0.0527. The fourth-order valence-electron chi connectivity index (χ4n) is 1.94. The zero-order valence-electron chi connectivity index (χ0n) is 11.4. The van der Waals surface area contributed by atoms with E-state index in [1.165, 1.54) is 0 Å². The quantitative estimate of drug-likeness (QED) is 0.894. The molecular weight excluding hydrogens is 256 g/mol. The van der Waals surface area contributed by atoms with Crippen LogP contribution in [-0.2, 0) is 0 Å². The topological polar surface area (TPSA) is 41.1 Å². The van der Waals surface area contributed by atoms with Crippen molar-refractivity contribution in [3.05, 3.63) is 51.7 Å². The summed E-state index contributed by atoms with van der Waals surface area (Å²) < 4.78 is 0. The highest BCUT2D eigenvalue weighted by atomic mass is 32.1. The Bertz CT molecular complexity index is 564. The summed E-state index contributed by atoms with van der Waals surface area (Å²) in [4.78, 5) is 12.3. The van der Waals surface area contributed by atoms with Gasteiger partial charge in [-0.2, -0.15) is 11.3 Å². The fourth-order valence-corrected chi connectivity index (χ4v) is 2.70. The Labute approximate surface area is 117 Å². The normalized spacial score (nSPS) is 11.9. The van der Waals surface area contributed by atoms with Gasteiger partial charge in [-0.1, -0.05) is 6.07 Å². The van der Waals surface area contributed by atoms with Gasteiger partial charge in [0.25, 0.3) is 5.91 Å². The van der Waals surface area contributed by atoms with E-state index in [0.717, 1.165) is 16.8 Å². The van der Waals surface area contributed by atoms with Gasteiger partial charge in [-0.25, -0.2) is 0 Å². The van der Waals surface area contributed by atoms with Crippen LogP contribution in [0.4, 0.5) is 5.69 Å². The van der Waals surface area contributed by atoms with Crippen LogP contribution in [0.1, 0.15) is 34.5 Å². The van der Waals surface area contributed by atoms with Gasteiger partial charge in [-0.3, -0.25) is 4.79 Å². The first kappa shape index (κ1) is 13.6. The number of rotatable bonds is 4. The van der Waals surface area contributed by atoms with E-state index in [4.69, 9.17) is 0 Å². The van der Waals surface area contributed by atoms with E-state index in [1.54, 1.807) is 11.3 Å². The summed E-state index contributed by atoms with van der Waals surface area (Å²) in [6.07, 6.45) is 0. The predicted octanol–water partition coefficient (Wildman–Crippen LogP) is 3.59. The third kappa shape index (κ3) is 3.15. The predicted molar refractivity (Wildman–Crippen MR) is 80.9 cm³/mol. The summed E-state index contributed by atoms with van der Waals surface area (Å²) in [5.41, 5.74) is 3.80. The van der Waals surface area contributed by atoms with Crippen molar-refractivity contribution in [2.24, 2.45) is 0 Å². The number of carbonyl (C=O) groups is 1. The molecule has 2 N–H and O–H groups in total. The fraction of sp³-hybridized carbons (Fsp3) is 0.267. The molecule has 0 spiro atoms. The van der Waals surface area contributed by atoms with Crippen LogP contribution in [0.3, 0.4) is 0 Å². The van der Waals surface area contributed by atoms with Crippen LogP contribution >= 0.6 is 11.3 Å². The molecule has 2 aromatic rings. The van der Waals surface area contributed by atoms with E-state index in [0.29, 0.717) is 5.56 Å². The number of hydrogen-bond acceptors (Lipinski definition) is 3. The maximum absolute atomic E-state index is 12.3. The van der Waals surface area contributed by atoms with Gasteiger partial charge < -0.3 is 10.6 Å². The van der Waals surface area contributed by atoms with Crippen molar-refractivity contribution in [1.82, 2.24) is 5.32 Å². The smallest absolute Gasteiger partial charge is 0.253 e. The summed E-state index contributed by atoms with van der Waals surface area (Å²) in [5, 5.41) is 10.2. The van der Waals surface area contributed by atoms with Crippen LogP contribution in [0, 0.1) is 6.92 Å². The summed E-state index contributed by atoms with van der Waals surface area (Å²) in [6.45, 7) is 4.00. The van der Waals surface area contributed by atoms with Crippen LogP contribution in [0.15, 0.2) is 35.0 Å². The van der Waals surface area contributed by atoms with Gasteiger partial charge in [0.05, 0.1) is 11.6 Å².